The van der Waals surface area contributed by atoms with Gasteiger partial charge in [0.25, 0.3) is 11.5 Å². The number of nitrogens with zero attached hydrogens (tertiary/aromatic N) is 8. The molecule has 3 aromatic heterocycles. The molecule has 1 saturated heterocycles. The second-order valence-electron chi connectivity index (χ2n) is 15.5. The van der Waals surface area contributed by atoms with Crippen molar-refractivity contribution in [1.82, 2.24) is 38.9 Å². The molecule has 1 unspecified atom stereocenters. The first kappa shape index (κ1) is 38.1. The molecule has 2 N–H and O–H groups in total. The standard InChI is InChI=1S/C39H38F5N9O4/c1-20-17-37(11-13-51(14-12-37)35(57)30-32(55)21(2)45-19-46-30)29-31(20)52(18-28(54)47-27-8-6-23(16-26(27)41)39(42,43)44)36-48-33(49-53(36)34(29)56)24-7-5-22(15-25(24)40)38(9-10-38)50(3)4/h5-8,15-16,19-20,55H,9-14,17-18H2,1-4H3,(H,47,54). The average molecular weight is 792 g/mol. The van der Waals surface area contributed by atoms with Crippen LogP contribution in [0.2, 0.25) is 0 Å². The van der Waals surface area contributed by atoms with Gasteiger partial charge in [-0.1, -0.05) is 13.0 Å². The van der Waals surface area contributed by atoms with Crippen molar-refractivity contribution in [2.75, 3.05) is 32.5 Å². The molecule has 1 spiro atoms. The van der Waals surface area contributed by atoms with Crippen molar-refractivity contribution in [3.63, 3.8) is 0 Å². The summed E-state index contributed by atoms with van der Waals surface area (Å²) in [4.78, 5) is 57.8. The van der Waals surface area contributed by atoms with Crippen LogP contribution in [-0.4, -0.2) is 83.0 Å². The molecule has 0 radical (unpaired) electrons. The lowest BCUT2D eigenvalue weighted by molar-refractivity contribution is -0.137. The van der Waals surface area contributed by atoms with E-state index in [0.29, 0.717) is 36.6 Å². The Balaban J connectivity index is 1.19. The molecule has 5 aromatic rings. The summed E-state index contributed by atoms with van der Waals surface area (Å²) in [6.07, 6.45) is -0.762. The predicted octanol–water partition coefficient (Wildman–Crippen LogP) is 5.53. The maximum absolute atomic E-state index is 15.9. The number of aromatic nitrogens is 6. The molecule has 298 valence electrons. The second kappa shape index (κ2) is 13.4. The van der Waals surface area contributed by atoms with Gasteiger partial charge in [0.05, 0.1) is 22.5 Å². The number of carbonyl (C=O) groups excluding carboxylic acids is 2. The normalized spacial score (nSPS) is 18.4. The number of fused-ring (bicyclic) bond motifs is 3. The average Bonchev–Trinajstić information content (AvgIpc) is 3.78. The van der Waals surface area contributed by atoms with Crippen molar-refractivity contribution in [3.05, 3.63) is 98.5 Å². The number of rotatable bonds is 7. The van der Waals surface area contributed by atoms with Crippen LogP contribution in [0.5, 0.6) is 5.75 Å². The first-order valence-electron chi connectivity index (χ1n) is 18.4. The fourth-order valence-electron chi connectivity index (χ4n) is 8.73. The minimum atomic E-state index is -4.80. The van der Waals surface area contributed by atoms with Crippen molar-refractivity contribution in [1.29, 1.82) is 0 Å². The van der Waals surface area contributed by atoms with Crippen LogP contribution in [0.15, 0.2) is 47.5 Å². The van der Waals surface area contributed by atoms with Gasteiger partial charge in [0, 0.05) is 35.3 Å². The second-order valence-corrected chi connectivity index (χ2v) is 15.5. The van der Waals surface area contributed by atoms with E-state index in [2.05, 4.69) is 25.4 Å². The third-order valence-corrected chi connectivity index (χ3v) is 11.9. The molecule has 3 aliphatic rings. The highest BCUT2D eigenvalue weighted by Gasteiger charge is 2.50. The molecule has 0 bridgehead atoms. The largest absolute Gasteiger partial charge is 0.504 e. The number of anilines is 1. The number of hydrogen-bond donors (Lipinski definition) is 2. The molecule has 4 heterocycles. The van der Waals surface area contributed by atoms with Crippen LogP contribution in [0.1, 0.15) is 83.5 Å². The monoisotopic (exact) mass is 791 g/mol. The highest BCUT2D eigenvalue weighted by atomic mass is 19.4. The van der Waals surface area contributed by atoms with Crippen LogP contribution < -0.4 is 10.9 Å². The van der Waals surface area contributed by atoms with Gasteiger partial charge in [-0.3, -0.25) is 19.3 Å². The quantitative estimate of drug-likeness (QED) is 0.203. The number of carbonyl (C=O) groups is 2. The highest BCUT2D eigenvalue weighted by molar-refractivity contribution is 5.95. The maximum atomic E-state index is 15.9. The van der Waals surface area contributed by atoms with Crippen LogP contribution in [0.3, 0.4) is 0 Å². The Morgan fingerprint density at radius 2 is 1.74 bits per heavy atom. The van der Waals surface area contributed by atoms with E-state index < -0.39 is 58.4 Å². The molecular weight excluding hydrogens is 753 g/mol. The molecule has 13 nitrogen and oxygen atoms in total. The Morgan fingerprint density at radius 3 is 2.37 bits per heavy atom. The van der Waals surface area contributed by atoms with Crippen molar-refractivity contribution in [3.8, 4) is 17.1 Å². The predicted molar refractivity (Wildman–Crippen MR) is 196 cm³/mol. The van der Waals surface area contributed by atoms with Gasteiger partial charge in [-0.15, -0.1) is 5.10 Å². The molecule has 1 saturated carbocycles. The van der Waals surface area contributed by atoms with Crippen LogP contribution in [0.25, 0.3) is 17.2 Å². The Hall–Kier alpha value is -5.78. The van der Waals surface area contributed by atoms with Gasteiger partial charge in [-0.2, -0.15) is 22.7 Å². The summed E-state index contributed by atoms with van der Waals surface area (Å²) in [7, 11) is 3.86. The molecule has 2 aliphatic carbocycles. The Labute approximate surface area is 322 Å². The van der Waals surface area contributed by atoms with Gasteiger partial charge in [0.1, 0.15) is 24.5 Å². The first-order chi connectivity index (χ1) is 26.9. The number of piperidine rings is 1. The number of amides is 2. The van der Waals surface area contributed by atoms with Crippen LogP contribution >= 0.6 is 0 Å². The van der Waals surface area contributed by atoms with E-state index in [-0.39, 0.29) is 64.9 Å². The third-order valence-electron chi connectivity index (χ3n) is 11.9. The lowest BCUT2D eigenvalue weighted by Gasteiger charge is -2.39. The first-order valence-corrected chi connectivity index (χ1v) is 18.4. The summed E-state index contributed by atoms with van der Waals surface area (Å²) in [6, 6.07) is 6.54. The number of halogens is 5. The zero-order valence-corrected chi connectivity index (χ0v) is 31.4. The molecule has 8 rings (SSSR count). The minimum Gasteiger partial charge on any atom is -0.504 e. The van der Waals surface area contributed by atoms with E-state index >= 15 is 4.39 Å². The van der Waals surface area contributed by atoms with Gasteiger partial charge in [-0.25, -0.2) is 18.7 Å². The van der Waals surface area contributed by atoms with Crippen LogP contribution in [0, 0.1) is 18.6 Å². The molecule has 2 fully saturated rings. The van der Waals surface area contributed by atoms with Gasteiger partial charge >= 0.3 is 6.18 Å². The number of benzene rings is 2. The number of alkyl halides is 3. The molecule has 2 amide bonds. The zero-order chi connectivity index (χ0) is 40.8. The highest BCUT2D eigenvalue weighted by Crippen LogP contribution is 2.51. The summed E-state index contributed by atoms with van der Waals surface area (Å²) in [5.41, 5.74) is -1.58. The summed E-state index contributed by atoms with van der Waals surface area (Å²) < 4.78 is 72.9. The smallest absolute Gasteiger partial charge is 0.416 e. The number of aromatic hydroxyl groups is 1. The third kappa shape index (κ3) is 6.29. The van der Waals surface area contributed by atoms with Crippen molar-refractivity contribution >= 4 is 23.3 Å². The summed E-state index contributed by atoms with van der Waals surface area (Å²) >= 11 is 0. The van der Waals surface area contributed by atoms with E-state index in [1.165, 1.54) is 17.0 Å². The van der Waals surface area contributed by atoms with Crippen molar-refractivity contribution in [2.45, 2.75) is 75.5 Å². The van der Waals surface area contributed by atoms with Gasteiger partial charge in [0.15, 0.2) is 17.3 Å². The van der Waals surface area contributed by atoms with Crippen LogP contribution in [0.4, 0.5) is 27.6 Å². The molecule has 57 heavy (non-hydrogen) atoms. The fourth-order valence-corrected chi connectivity index (χ4v) is 8.73. The summed E-state index contributed by atoms with van der Waals surface area (Å²) in [5.74, 6) is -4.08. The summed E-state index contributed by atoms with van der Waals surface area (Å²) in [5, 5.41) is 17.3. The zero-order valence-electron chi connectivity index (χ0n) is 31.4. The Bertz CT molecular complexity index is 2540. The van der Waals surface area contributed by atoms with Crippen LogP contribution in [-0.2, 0) is 28.5 Å². The van der Waals surface area contributed by atoms with E-state index in [0.717, 1.165) is 29.0 Å². The van der Waals surface area contributed by atoms with Crippen molar-refractivity contribution in [2.24, 2.45) is 0 Å². The number of likely N-dealkylation sites (tertiary alicyclic amines) is 1. The molecule has 1 aliphatic heterocycles. The maximum Gasteiger partial charge on any atom is 0.416 e. The van der Waals surface area contributed by atoms with E-state index in [9.17, 15) is 37.1 Å². The van der Waals surface area contributed by atoms with Crippen molar-refractivity contribution < 1.29 is 36.6 Å². The van der Waals surface area contributed by atoms with Gasteiger partial charge < -0.3 is 19.9 Å². The van der Waals surface area contributed by atoms with E-state index in [1.54, 1.807) is 24.0 Å². The topological polar surface area (TPSA) is 151 Å². The molecule has 2 aromatic carbocycles. The number of hydrogen-bond acceptors (Lipinski definition) is 9. The molecule has 1 atom stereocenters. The Kier molecular flexibility index (Phi) is 8.97. The van der Waals surface area contributed by atoms with E-state index in [1.807, 2.05) is 25.9 Å². The molecular formula is C39H38F5N9O4. The fraction of sp³-hybridized carbons (Fsp3) is 0.410. The molecule has 18 heteroatoms. The van der Waals surface area contributed by atoms with E-state index in [4.69, 9.17) is 0 Å². The lowest BCUT2D eigenvalue weighted by atomic mass is 9.73. The minimum absolute atomic E-state index is 0.0252. The van der Waals surface area contributed by atoms with Gasteiger partial charge in [-0.05, 0) is 94.9 Å². The number of aryl methyl sites for hydroxylation is 1. The lowest BCUT2D eigenvalue weighted by Crippen LogP contribution is -2.46. The summed E-state index contributed by atoms with van der Waals surface area (Å²) in [6.45, 7) is 3.28. The Morgan fingerprint density at radius 1 is 1.02 bits per heavy atom. The number of nitrogens with one attached hydrogen (secondary N) is 1. The SMILES string of the molecule is Cc1ncnc(C(=O)N2CCC3(CC2)CC(C)c2c3c(=O)n3nc(-c4ccc(C5(N(C)C)CC5)cc4F)nc3n2CC(=O)Nc2ccc(C(F)(F)F)cc2F)c1O. The van der Waals surface area contributed by atoms with Gasteiger partial charge in [0.2, 0.25) is 11.7 Å².